The average molecular weight is 358 g/mol. The highest BCUT2D eigenvalue weighted by Crippen LogP contribution is 2.29. The van der Waals surface area contributed by atoms with Crippen LogP contribution in [0.15, 0.2) is 24.3 Å². The minimum absolute atomic E-state index is 0.00841. The predicted molar refractivity (Wildman–Crippen MR) is 113 cm³/mol. The van der Waals surface area contributed by atoms with Crippen molar-refractivity contribution in [3.8, 4) is 11.5 Å². The molecule has 0 radical (unpaired) electrons. The molecule has 0 saturated carbocycles. The van der Waals surface area contributed by atoms with E-state index in [1.807, 2.05) is 14.1 Å². The molecule has 1 rings (SSSR count). The first kappa shape index (κ1) is 21.5. The van der Waals surface area contributed by atoms with Gasteiger partial charge in [0, 0.05) is 25.7 Å². The Labute approximate surface area is 156 Å². The van der Waals surface area contributed by atoms with Crippen molar-refractivity contribution < 1.29 is 4.79 Å². The zero-order valence-electron chi connectivity index (χ0n) is 16.9. The Hall–Kier alpha value is -1.53. The number of carbonyl (C=O) groups excluding carboxylic acids is 1. The molecule has 0 amide bonds. The summed E-state index contributed by atoms with van der Waals surface area (Å²) in [7, 11) is 2.61. The molecule has 0 aliphatic carbocycles. The number of hydrogen-bond donors (Lipinski definition) is 0. The number of carbonyl (C=O) groups is 1. The number of nitrogens with zero attached hydrogens (tertiary/aromatic N) is 1. The van der Waals surface area contributed by atoms with E-state index in [9.17, 15) is 4.79 Å². The lowest BCUT2D eigenvalue weighted by Gasteiger charge is -2.21. The number of unbranched alkanes of at least 4 members (excludes halogenated alkanes) is 3. The van der Waals surface area contributed by atoms with Crippen molar-refractivity contribution in [2.45, 2.75) is 64.6 Å². The van der Waals surface area contributed by atoms with E-state index in [-0.39, 0.29) is 11.8 Å². The second kappa shape index (κ2) is 10.5. The van der Waals surface area contributed by atoms with Gasteiger partial charge in [-0.1, -0.05) is 64.4 Å². The first-order valence-electron chi connectivity index (χ1n) is 9.53. The topological polar surface area (TPSA) is 20.3 Å². The van der Waals surface area contributed by atoms with Gasteiger partial charge in [0.1, 0.15) is 14.4 Å². The van der Waals surface area contributed by atoms with Crippen molar-refractivity contribution in [1.82, 2.24) is 0 Å². The maximum atomic E-state index is 11.8. The van der Waals surface area contributed by atoms with Crippen LogP contribution < -0.4 is 4.90 Å². The van der Waals surface area contributed by atoms with Crippen molar-refractivity contribution in [3.63, 3.8) is 0 Å². The Kier molecular flexibility index (Phi) is 9.00. The third-order valence-corrected chi connectivity index (χ3v) is 5.26. The number of rotatable bonds is 9. The van der Waals surface area contributed by atoms with Crippen molar-refractivity contribution in [1.29, 1.82) is 0 Å². The SMILES string of the molecule is CCCCCC[C@@H](C=O)[C@H](C#C[Si](C)(C)C)c1ccc(N(C)C)cc1. The van der Waals surface area contributed by atoms with Crippen LogP contribution in [0.4, 0.5) is 5.69 Å². The van der Waals surface area contributed by atoms with E-state index in [0.717, 1.165) is 19.1 Å². The fourth-order valence-electron chi connectivity index (χ4n) is 2.83. The molecule has 3 heteroatoms. The summed E-state index contributed by atoms with van der Waals surface area (Å²) >= 11 is 0. The van der Waals surface area contributed by atoms with Gasteiger partial charge in [-0.3, -0.25) is 0 Å². The van der Waals surface area contributed by atoms with Crippen LogP contribution in [0.1, 0.15) is 50.5 Å². The highest BCUT2D eigenvalue weighted by Gasteiger charge is 2.22. The molecule has 1 aromatic rings. The van der Waals surface area contributed by atoms with Crippen LogP contribution in [0.2, 0.25) is 19.6 Å². The molecule has 0 aliphatic rings. The Balaban J connectivity index is 3.05. The molecule has 0 fully saturated rings. The maximum absolute atomic E-state index is 11.8. The third kappa shape index (κ3) is 7.92. The monoisotopic (exact) mass is 357 g/mol. The minimum atomic E-state index is -1.47. The number of aldehydes is 1. The van der Waals surface area contributed by atoms with Gasteiger partial charge in [0.25, 0.3) is 0 Å². The second-order valence-electron chi connectivity index (χ2n) is 8.13. The zero-order valence-corrected chi connectivity index (χ0v) is 17.9. The zero-order chi connectivity index (χ0) is 18.9. The highest BCUT2D eigenvalue weighted by molar-refractivity contribution is 6.83. The lowest BCUT2D eigenvalue weighted by molar-refractivity contribution is -0.111. The normalized spacial score (nSPS) is 13.5. The number of hydrogen-bond acceptors (Lipinski definition) is 2. The smallest absolute Gasteiger partial charge is 0.129 e. The van der Waals surface area contributed by atoms with E-state index in [0.29, 0.717) is 0 Å². The summed E-state index contributed by atoms with van der Waals surface area (Å²) < 4.78 is 0. The lowest BCUT2D eigenvalue weighted by Crippen LogP contribution is -2.19. The van der Waals surface area contributed by atoms with Crippen molar-refractivity contribution in [3.05, 3.63) is 29.8 Å². The van der Waals surface area contributed by atoms with Crippen LogP contribution in [0.25, 0.3) is 0 Å². The second-order valence-corrected chi connectivity index (χ2v) is 12.9. The van der Waals surface area contributed by atoms with Gasteiger partial charge in [-0.2, -0.15) is 0 Å². The Morgan fingerprint density at radius 2 is 1.72 bits per heavy atom. The van der Waals surface area contributed by atoms with E-state index in [2.05, 4.69) is 67.2 Å². The molecule has 0 aliphatic heterocycles. The largest absolute Gasteiger partial charge is 0.378 e. The molecule has 0 heterocycles. The highest BCUT2D eigenvalue weighted by atomic mass is 28.3. The van der Waals surface area contributed by atoms with Gasteiger partial charge in [0.05, 0.1) is 5.92 Å². The molecular weight excluding hydrogens is 322 g/mol. The molecule has 2 atom stereocenters. The summed E-state index contributed by atoms with van der Waals surface area (Å²) in [6.45, 7) is 8.97. The fraction of sp³-hybridized carbons (Fsp3) is 0.591. The van der Waals surface area contributed by atoms with Gasteiger partial charge in [-0.25, -0.2) is 0 Å². The Morgan fingerprint density at radius 1 is 1.08 bits per heavy atom. The Bertz CT molecular complexity index is 575. The molecular formula is C22H35NOSi. The van der Waals surface area contributed by atoms with Crippen LogP contribution in [0.5, 0.6) is 0 Å². The number of anilines is 1. The molecule has 0 aromatic heterocycles. The van der Waals surface area contributed by atoms with Gasteiger partial charge in [-0.15, -0.1) is 11.5 Å². The molecule has 0 unspecified atom stereocenters. The maximum Gasteiger partial charge on any atom is 0.129 e. The molecule has 1 aromatic carbocycles. The predicted octanol–water partition coefficient (Wildman–Crippen LogP) is 5.50. The Morgan fingerprint density at radius 3 is 2.20 bits per heavy atom. The first-order chi connectivity index (χ1) is 11.8. The minimum Gasteiger partial charge on any atom is -0.378 e. The van der Waals surface area contributed by atoms with Crippen LogP contribution in [-0.4, -0.2) is 28.5 Å². The van der Waals surface area contributed by atoms with E-state index in [4.69, 9.17) is 0 Å². The summed E-state index contributed by atoms with van der Waals surface area (Å²) in [5, 5.41) is 0. The number of benzene rings is 1. The molecule has 138 valence electrons. The summed E-state index contributed by atoms with van der Waals surface area (Å²) in [5.74, 6) is 3.49. The molecule has 0 bridgehead atoms. The average Bonchev–Trinajstić information content (AvgIpc) is 2.56. The molecule has 0 saturated heterocycles. The van der Waals surface area contributed by atoms with Crippen LogP contribution in [-0.2, 0) is 4.79 Å². The van der Waals surface area contributed by atoms with Crippen molar-refractivity contribution >= 4 is 20.0 Å². The van der Waals surface area contributed by atoms with Crippen molar-refractivity contribution in [2.24, 2.45) is 5.92 Å². The summed E-state index contributed by atoms with van der Waals surface area (Å²) in [5.41, 5.74) is 5.84. The summed E-state index contributed by atoms with van der Waals surface area (Å²) in [4.78, 5) is 13.9. The first-order valence-corrected chi connectivity index (χ1v) is 13.0. The van der Waals surface area contributed by atoms with Crippen LogP contribution in [0.3, 0.4) is 0 Å². The van der Waals surface area contributed by atoms with Crippen LogP contribution in [0, 0.1) is 17.4 Å². The van der Waals surface area contributed by atoms with Crippen LogP contribution >= 0.6 is 0 Å². The summed E-state index contributed by atoms with van der Waals surface area (Å²) in [6, 6.07) is 8.53. The van der Waals surface area contributed by atoms with Gasteiger partial charge in [0.2, 0.25) is 0 Å². The molecule has 25 heavy (non-hydrogen) atoms. The lowest BCUT2D eigenvalue weighted by atomic mass is 9.84. The van der Waals surface area contributed by atoms with Crippen molar-refractivity contribution in [2.75, 3.05) is 19.0 Å². The van der Waals surface area contributed by atoms with Gasteiger partial charge in [0.15, 0.2) is 0 Å². The quantitative estimate of drug-likeness (QED) is 0.252. The van der Waals surface area contributed by atoms with E-state index >= 15 is 0 Å². The van der Waals surface area contributed by atoms with E-state index in [1.165, 1.54) is 30.5 Å². The van der Waals surface area contributed by atoms with Gasteiger partial charge in [-0.05, 0) is 24.1 Å². The molecule has 2 nitrogen and oxygen atoms in total. The fourth-order valence-corrected chi connectivity index (χ4v) is 3.42. The third-order valence-electron chi connectivity index (χ3n) is 4.37. The van der Waals surface area contributed by atoms with Gasteiger partial charge < -0.3 is 9.69 Å². The van der Waals surface area contributed by atoms with E-state index < -0.39 is 8.07 Å². The standard InChI is InChI=1S/C22H35NOSi/c1-7-8-9-10-11-20(18-24)22(16-17-25(4,5)6)19-12-14-21(15-13-19)23(2)3/h12-15,18,20,22H,7-11H2,1-6H3/t20-,22+/m0/s1. The molecule has 0 N–H and O–H groups in total. The van der Waals surface area contributed by atoms with E-state index in [1.54, 1.807) is 0 Å². The van der Waals surface area contributed by atoms with Gasteiger partial charge >= 0.3 is 0 Å². The molecule has 0 spiro atoms. The summed E-state index contributed by atoms with van der Waals surface area (Å²) in [6.07, 6.45) is 6.84.